The molecule has 1 aliphatic heterocycles. The van der Waals surface area contributed by atoms with Gasteiger partial charge in [-0.25, -0.2) is 17.5 Å². The number of anilines is 1. The van der Waals surface area contributed by atoms with E-state index in [1.54, 1.807) is 32.0 Å². The summed E-state index contributed by atoms with van der Waals surface area (Å²) in [5.74, 6) is -1.85. The number of nitrogens with zero attached hydrogens (tertiary/aromatic N) is 1. The SMILES string of the molecule is CC(C)[C@@H](C(=O)NC[C@H]1CCCO1)N(C(=O)CNS(=O)(=O)c1ccccc1)c1ccc(F)cc1. The standard InChI is InChI=1S/C24H30FN3O5S/c1-17(2)23(24(30)26-15-20-7-6-14-33-20)28(19-12-10-18(25)11-13-19)22(29)16-27-34(31,32)21-8-4-3-5-9-21/h3-5,8-13,17,20,23,27H,6-7,14-16H2,1-2H3,(H,26,30)/t20-,23+/m1/s1. The van der Waals surface area contributed by atoms with Crippen LogP contribution in [0.25, 0.3) is 0 Å². The maximum atomic E-state index is 13.6. The third-order valence-electron chi connectivity index (χ3n) is 5.55. The van der Waals surface area contributed by atoms with Crippen LogP contribution < -0.4 is 14.9 Å². The molecule has 8 nitrogen and oxygen atoms in total. The summed E-state index contributed by atoms with van der Waals surface area (Å²) < 4.78 is 46.6. The van der Waals surface area contributed by atoms with Gasteiger partial charge < -0.3 is 10.1 Å². The summed E-state index contributed by atoms with van der Waals surface area (Å²) in [4.78, 5) is 27.7. The van der Waals surface area contributed by atoms with Gasteiger partial charge in [-0.05, 0) is 55.2 Å². The lowest BCUT2D eigenvalue weighted by molar-refractivity contribution is -0.127. The number of hydrogen-bond donors (Lipinski definition) is 2. The van der Waals surface area contributed by atoms with E-state index < -0.39 is 40.2 Å². The zero-order chi connectivity index (χ0) is 24.7. The van der Waals surface area contributed by atoms with Crippen molar-refractivity contribution >= 4 is 27.5 Å². The summed E-state index contributed by atoms with van der Waals surface area (Å²) in [6.45, 7) is 3.96. The second-order valence-electron chi connectivity index (χ2n) is 8.45. The van der Waals surface area contributed by atoms with Gasteiger partial charge in [-0.1, -0.05) is 32.0 Å². The average molecular weight is 492 g/mol. The van der Waals surface area contributed by atoms with Crippen LogP contribution in [-0.4, -0.2) is 52.1 Å². The number of halogens is 1. The van der Waals surface area contributed by atoms with Gasteiger partial charge >= 0.3 is 0 Å². The van der Waals surface area contributed by atoms with Crippen LogP contribution in [0, 0.1) is 11.7 Å². The van der Waals surface area contributed by atoms with Crippen molar-refractivity contribution in [2.75, 3.05) is 24.6 Å². The van der Waals surface area contributed by atoms with Gasteiger partial charge in [0.25, 0.3) is 0 Å². The number of benzene rings is 2. The highest BCUT2D eigenvalue weighted by molar-refractivity contribution is 7.89. The largest absolute Gasteiger partial charge is 0.376 e. The molecule has 1 fully saturated rings. The number of hydrogen-bond acceptors (Lipinski definition) is 5. The average Bonchev–Trinajstić information content (AvgIpc) is 3.34. The van der Waals surface area contributed by atoms with E-state index in [4.69, 9.17) is 4.74 Å². The van der Waals surface area contributed by atoms with Crippen molar-refractivity contribution in [2.45, 2.75) is 43.7 Å². The molecule has 10 heteroatoms. The van der Waals surface area contributed by atoms with Crippen molar-refractivity contribution in [1.82, 2.24) is 10.0 Å². The first-order valence-corrected chi connectivity index (χ1v) is 12.7. The molecule has 1 heterocycles. The first kappa shape index (κ1) is 25.8. The van der Waals surface area contributed by atoms with Crippen LogP contribution in [0.1, 0.15) is 26.7 Å². The van der Waals surface area contributed by atoms with Gasteiger partial charge in [0.1, 0.15) is 11.9 Å². The second kappa shape index (κ2) is 11.5. The maximum absolute atomic E-state index is 13.6. The number of ether oxygens (including phenoxy) is 1. The minimum absolute atomic E-state index is 0.0193. The molecule has 0 aliphatic carbocycles. The molecule has 0 saturated carbocycles. The van der Waals surface area contributed by atoms with Gasteiger partial charge in [0.15, 0.2) is 0 Å². The molecule has 0 bridgehead atoms. The predicted octanol–water partition coefficient (Wildman–Crippen LogP) is 2.46. The highest BCUT2D eigenvalue weighted by Crippen LogP contribution is 2.23. The molecular weight excluding hydrogens is 461 g/mol. The minimum atomic E-state index is -3.94. The Morgan fingerprint density at radius 1 is 1.12 bits per heavy atom. The molecule has 2 N–H and O–H groups in total. The van der Waals surface area contributed by atoms with Crippen LogP contribution in [0.2, 0.25) is 0 Å². The molecule has 0 spiro atoms. The maximum Gasteiger partial charge on any atom is 0.243 e. The third-order valence-corrected chi connectivity index (χ3v) is 6.96. The Kier molecular flexibility index (Phi) is 8.76. The highest BCUT2D eigenvalue weighted by atomic mass is 32.2. The van der Waals surface area contributed by atoms with E-state index in [-0.39, 0.29) is 22.6 Å². The van der Waals surface area contributed by atoms with Crippen LogP contribution in [0.15, 0.2) is 59.5 Å². The van der Waals surface area contributed by atoms with Gasteiger partial charge in [0.2, 0.25) is 21.8 Å². The number of amides is 2. The van der Waals surface area contributed by atoms with Gasteiger partial charge in [-0.15, -0.1) is 0 Å². The van der Waals surface area contributed by atoms with Crippen molar-refractivity contribution in [3.63, 3.8) is 0 Å². The number of rotatable bonds is 10. The van der Waals surface area contributed by atoms with E-state index in [1.165, 1.54) is 41.3 Å². The van der Waals surface area contributed by atoms with Crippen LogP contribution in [0.3, 0.4) is 0 Å². The number of carbonyl (C=O) groups excluding carboxylic acids is 2. The van der Waals surface area contributed by atoms with Crippen molar-refractivity contribution in [3.05, 3.63) is 60.4 Å². The zero-order valence-electron chi connectivity index (χ0n) is 19.2. The Labute approximate surface area is 199 Å². The summed E-state index contributed by atoms with van der Waals surface area (Å²) in [6.07, 6.45) is 1.69. The van der Waals surface area contributed by atoms with Gasteiger partial charge in [0, 0.05) is 18.8 Å². The molecule has 2 amide bonds. The van der Waals surface area contributed by atoms with Gasteiger partial charge in [-0.2, -0.15) is 0 Å². The van der Waals surface area contributed by atoms with E-state index in [2.05, 4.69) is 10.0 Å². The lowest BCUT2D eigenvalue weighted by Crippen LogP contribution is -2.55. The first-order chi connectivity index (χ1) is 16.2. The molecule has 1 aliphatic rings. The van der Waals surface area contributed by atoms with E-state index in [9.17, 15) is 22.4 Å². The lowest BCUT2D eigenvalue weighted by atomic mass is 10.00. The normalized spacial score (nSPS) is 16.9. The Hall–Kier alpha value is -2.82. The van der Waals surface area contributed by atoms with E-state index in [0.717, 1.165) is 12.8 Å². The van der Waals surface area contributed by atoms with E-state index in [1.807, 2.05) is 0 Å². The fourth-order valence-electron chi connectivity index (χ4n) is 3.83. The zero-order valence-corrected chi connectivity index (χ0v) is 20.1. The molecule has 2 atom stereocenters. The van der Waals surface area contributed by atoms with Crippen molar-refractivity contribution in [3.8, 4) is 0 Å². The molecule has 2 aromatic carbocycles. The van der Waals surface area contributed by atoms with E-state index >= 15 is 0 Å². The van der Waals surface area contributed by atoms with Crippen LogP contribution in [-0.2, 0) is 24.3 Å². The molecule has 2 aromatic rings. The molecular formula is C24H30FN3O5S. The fourth-order valence-corrected chi connectivity index (χ4v) is 4.82. The van der Waals surface area contributed by atoms with Crippen LogP contribution in [0.5, 0.6) is 0 Å². The monoisotopic (exact) mass is 491 g/mol. The molecule has 184 valence electrons. The lowest BCUT2D eigenvalue weighted by Gasteiger charge is -2.34. The number of sulfonamides is 1. The quantitative estimate of drug-likeness (QED) is 0.531. The van der Waals surface area contributed by atoms with Crippen LogP contribution >= 0.6 is 0 Å². The Bertz CT molecular complexity index is 1070. The number of nitrogens with one attached hydrogen (secondary N) is 2. The predicted molar refractivity (Wildman–Crippen MR) is 126 cm³/mol. The minimum Gasteiger partial charge on any atom is -0.376 e. The third kappa shape index (κ3) is 6.62. The van der Waals surface area contributed by atoms with E-state index in [0.29, 0.717) is 13.2 Å². The summed E-state index contributed by atoms with van der Waals surface area (Å²) in [6, 6.07) is 11.9. The molecule has 0 aromatic heterocycles. The summed E-state index contributed by atoms with van der Waals surface area (Å²) in [5.41, 5.74) is 0.288. The first-order valence-electron chi connectivity index (χ1n) is 11.2. The smallest absolute Gasteiger partial charge is 0.243 e. The molecule has 0 radical (unpaired) electrons. The van der Waals surface area contributed by atoms with Crippen LogP contribution in [0.4, 0.5) is 10.1 Å². The van der Waals surface area contributed by atoms with Gasteiger partial charge in [0.05, 0.1) is 17.5 Å². The Morgan fingerprint density at radius 2 is 1.79 bits per heavy atom. The molecule has 0 unspecified atom stereocenters. The molecule has 34 heavy (non-hydrogen) atoms. The number of carbonyl (C=O) groups is 2. The van der Waals surface area contributed by atoms with Gasteiger partial charge in [-0.3, -0.25) is 14.5 Å². The summed E-state index contributed by atoms with van der Waals surface area (Å²) in [5, 5.41) is 2.85. The topological polar surface area (TPSA) is 105 Å². The fraction of sp³-hybridized carbons (Fsp3) is 0.417. The van der Waals surface area contributed by atoms with Crippen molar-refractivity contribution in [2.24, 2.45) is 5.92 Å². The van der Waals surface area contributed by atoms with Crippen molar-refractivity contribution in [1.29, 1.82) is 0 Å². The molecule has 1 saturated heterocycles. The second-order valence-corrected chi connectivity index (χ2v) is 10.2. The molecule has 3 rings (SSSR count). The summed E-state index contributed by atoms with van der Waals surface area (Å²) >= 11 is 0. The highest BCUT2D eigenvalue weighted by Gasteiger charge is 2.34. The van der Waals surface area contributed by atoms with Crippen molar-refractivity contribution < 1.29 is 27.1 Å². The Morgan fingerprint density at radius 3 is 2.38 bits per heavy atom. The summed E-state index contributed by atoms with van der Waals surface area (Å²) in [7, 11) is -3.94. The Balaban J connectivity index is 1.83.